The van der Waals surface area contributed by atoms with E-state index in [1.165, 1.54) is 32.4 Å². The van der Waals surface area contributed by atoms with Gasteiger partial charge in [0.1, 0.15) is 11.6 Å². The number of methoxy groups -OCH3 is 2. The lowest BCUT2D eigenvalue weighted by Gasteiger charge is -2.10. The molecule has 0 unspecified atom stereocenters. The van der Waals surface area contributed by atoms with Gasteiger partial charge in [0, 0.05) is 0 Å². The fraction of sp³-hybridized carbons (Fsp3) is 0.111. The molecule has 0 aromatic heterocycles. The van der Waals surface area contributed by atoms with Gasteiger partial charge in [-0.25, -0.2) is 0 Å². The Hall–Kier alpha value is -2.88. The molecule has 2 rings (SSSR count). The number of benzene rings is 2. The third-order valence-corrected chi connectivity index (χ3v) is 4.20. The molecule has 0 aliphatic heterocycles. The number of nitrogens with zero attached hydrogens (tertiary/aromatic N) is 1. The zero-order chi connectivity index (χ0) is 19.3. The molecule has 0 atom stereocenters. The molecule has 0 bridgehead atoms. The van der Waals surface area contributed by atoms with E-state index in [1.807, 2.05) is 6.07 Å². The standard InChI is InChI=1S/C18H14Cl2N2O4/c1-25-14-7-10(8-15(26-2)17(14)23)6-11(9-21)18(24)22-13-5-3-4-12(19)16(13)20/h3-8,23H,1-2H3,(H,22,24). The summed E-state index contributed by atoms with van der Waals surface area (Å²) in [6.45, 7) is 0. The van der Waals surface area contributed by atoms with Crippen LogP contribution in [0.1, 0.15) is 5.56 Å². The molecular formula is C18H14Cl2N2O4. The lowest BCUT2D eigenvalue weighted by molar-refractivity contribution is -0.112. The van der Waals surface area contributed by atoms with Crippen LogP contribution in [0.2, 0.25) is 10.0 Å². The molecule has 8 heteroatoms. The van der Waals surface area contributed by atoms with Crippen molar-refractivity contribution in [2.75, 3.05) is 19.5 Å². The van der Waals surface area contributed by atoms with Crippen LogP contribution in [0.3, 0.4) is 0 Å². The number of halogens is 2. The van der Waals surface area contributed by atoms with Crippen molar-refractivity contribution in [3.8, 4) is 23.3 Å². The summed E-state index contributed by atoms with van der Waals surface area (Å²) in [6, 6.07) is 9.52. The Morgan fingerprint density at radius 1 is 1.23 bits per heavy atom. The van der Waals surface area contributed by atoms with Crippen LogP contribution in [0.15, 0.2) is 35.9 Å². The van der Waals surface area contributed by atoms with Crippen LogP contribution < -0.4 is 14.8 Å². The highest BCUT2D eigenvalue weighted by Gasteiger charge is 2.15. The minimum Gasteiger partial charge on any atom is -0.502 e. The van der Waals surface area contributed by atoms with Gasteiger partial charge in [-0.3, -0.25) is 4.79 Å². The van der Waals surface area contributed by atoms with Crippen LogP contribution in [0.5, 0.6) is 17.2 Å². The van der Waals surface area contributed by atoms with Gasteiger partial charge in [-0.2, -0.15) is 5.26 Å². The molecule has 0 spiro atoms. The number of rotatable bonds is 5. The van der Waals surface area contributed by atoms with E-state index < -0.39 is 5.91 Å². The molecule has 0 fully saturated rings. The summed E-state index contributed by atoms with van der Waals surface area (Å²) < 4.78 is 10.1. The Bertz CT molecular complexity index is 895. The SMILES string of the molecule is COc1cc(C=C(C#N)C(=O)Nc2cccc(Cl)c2Cl)cc(OC)c1O. The van der Waals surface area contributed by atoms with E-state index in [1.54, 1.807) is 18.2 Å². The van der Waals surface area contributed by atoms with Crippen molar-refractivity contribution in [3.05, 3.63) is 51.5 Å². The number of ether oxygens (including phenoxy) is 2. The summed E-state index contributed by atoms with van der Waals surface area (Å²) in [7, 11) is 2.75. The van der Waals surface area contributed by atoms with Crippen LogP contribution in [0, 0.1) is 11.3 Å². The maximum atomic E-state index is 12.4. The summed E-state index contributed by atoms with van der Waals surface area (Å²) in [5.74, 6) is -0.555. The van der Waals surface area contributed by atoms with E-state index >= 15 is 0 Å². The number of carbonyl (C=O) groups is 1. The summed E-state index contributed by atoms with van der Waals surface area (Å²) in [6.07, 6.45) is 1.33. The average molecular weight is 393 g/mol. The molecule has 2 aromatic rings. The van der Waals surface area contributed by atoms with Gasteiger partial charge in [0.05, 0.1) is 30.0 Å². The molecule has 1 amide bonds. The van der Waals surface area contributed by atoms with Gasteiger partial charge in [0.25, 0.3) is 5.91 Å². The first kappa shape index (κ1) is 19.4. The van der Waals surface area contributed by atoms with Gasteiger partial charge in [-0.05, 0) is 35.9 Å². The topological polar surface area (TPSA) is 91.6 Å². The highest BCUT2D eigenvalue weighted by atomic mass is 35.5. The molecule has 2 N–H and O–H groups in total. The summed E-state index contributed by atoms with van der Waals surface area (Å²) in [5.41, 5.74) is 0.530. The van der Waals surface area contributed by atoms with E-state index in [4.69, 9.17) is 32.7 Å². The molecule has 0 aliphatic carbocycles. The van der Waals surface area contributed by atoms with Crippen molar-refractivity contribution in [2.45, 2.75) is 0 Å². The van der Waals surface area contributed by atoms with Gasteiger partial charge in [-0.15, -0.1) is 0 Å². The van der Waals surface area contributed by atoms with Gasteiger partial charge in [-0.1, -0.05) is 29.3 Å². The molecule has 0 aliphatic rings. The van der Waals surface area contributed by atoms with Crippen LogP contribution in [-0.2, 0) is 4.79 Å². The Balaban J connectivity index is 2.37. The quantitative estimate of drug-likeness (QED) is 0.585. The lowest BCUT2D eigenvalue weighted by atomic mass is 10.1. The van der Waals surface area contributed by atoms with Crippen LogP contribution in [0.25, 0.3) is 6.08 Å². The van der Waals surface area contributed by atoms with Crippen molar-refractivity contribution in [1.82, 2.24) is 0 Å². The zero-order valence-corrected chi connectivity index (χ0v) is 15.4. The zero-order valence-electron chi connectivity index (χ0n) is 13.8. The van der Waals surface area contributed by atoms with Crippen molar-refractivity contribution in [2.24, 2.45) is 0 Å². The molecule has 26 heavy (non-hydrogen) atoms. The number of nitriles is 1. The largest absolute Gasteiger partial charge is 0.502 e. The number of amides is 1. The summed E-state index contributed by atoms with van der Waals surface area (Å²) >= 11 is 11.9. The molecule has 2 aromatic carbocycles. The van der Waals surface area contributed by atoms with Gasteiger partial charge in [0.2, 0.25) is 5.75 Å². The van der Waals surface area contributed by atoms with Crippen molar-refractivity contribution >= 4 is 40.9 Å². The molecule has 0 heterocycles. The minimum atomic E-state index is -0.664. The van der Waals surface area contributed by atoms with E-state index in [9.17, 15) is 15.2 Å². The van der Waals surface area contributed by atoms with Crippen molar-refractivity contribution in [3.63, 3.8) is 0 Å². The Labute approximate surface area is 160 Å². The second-order valence-electron chi connectivity index (χ2n) is 5.00. The van der Waals surface area contributed by atoms with E-state index in [0.717, 1.165) is 0 Å². The fourth-order valence-electron chi connectivity index (χ4n) is 2.10. The molecule has 0 saturated carbocycles. The number of hydrogen-bond donors (Lipinski definition) is 2. The number of anilines is 1. The maximum absolute atomic E-state index is 12.4. The van der Waals surface area contributed by atoms with Crippen LogP contribution in [0.4, 0.5) is 5.69 Å². The molecule has 0 radical (unpaired) electrons. The first-order valence-electron chi connectivity index (χ1n) is 7.23. The number of carbonyl (C=O) groups excluding carboxylic acids is 1. The third-order valence-electron chi connectivity index (χ3n) is 3.38. The number of aromatic hydroxyl groups is 1. The Kier molecular flexibility index (Phi) is 6.34. The monoisotopic (exact) mass is 392 g/mol. The normalized spacial score (nSPS) is 10.8. The predicted molar refractivity (Wildman–Crippen MR) is 99.9 cm³/mol. The van der Waals surface area contributed by atoms with Gasteiger partial charge < -0.3 is 19.9 Å². The molecule has 134 valence electrons. The number of phenols is 1. The molecule has 0 saturated heterocycles. The smallest absolute Gasteiger partial charge is 0.266 e. The van der Waals surface area contributed by atoms with Gasteiger partial charge in [0.15, 0.2) is 11.5 Å². The third kappa shape index (κ3) is 4.20. The lowest BCUT2D eigenvalue weighted by Crippen LogP contribution is -2.13. The summed E-state index contributed by atoms with van der Waals surface area (Å²) in [4.78, 5) is 12.4. The molecular weight excluding hydrogens is 379 g/mol. The van der Waals surface area contributed by atoms with E-state index in [-0.39, 0.29) is 38.6 Å². The number of nitrogens with one attached hydrogen (secondary N) is 1. The highest BCUT2D eigenvalue weighted by molar-refractivity contribution is 6.44. The Morgan fingerprint density at radius 2 is 1.85 bits per heavy atom. The van der Waals surface area contributed by atoms with Crippen molar-refractivity contribution in [1.29, 1.82) is 5.26 Å². The minimum absolute atomic E-state index is 0.145. The fourth-order valence-corrected chi connectivity index (χ4v) is 2.45. The van der Waals surface area contributed by atoms with Crippen LogP contribution in [-0.4, -0.2) is 25.2 Å². The first-order chi connectivity index (χ1) is 12.4. The van der Waals surface area contributed by atoms with Gasteiger partial charge >= 0.3 is 0 Å². The average Bonchev–Trinajstić information content (AvgIpc) is 2.64. The number of hydrogen-bond acceptors (Lipinski definition) is 5. The van der Waals surface area contributed by atoms with Crippen LogP contribution >= 0.6 is 23.2 Å². The van der Waals surface area contributed by atoms with E-state index in [2.05, 4.69) is 5.32 Å². The predicted octanol–water partition coefficient (Wildman–Crippen LogP) is 4.26. The van der Waals surface area contributed by atoms with Crippen molar-refractivity contribution < 1.29 is 19.4 Å². The first-order valence-corrected chi connectivity index (χ1v) is 7.99. The molecule has 6 nitrogen and oxygen atoms in total. The second-order valence-corrected chi connectivity index (χ2v) is 5.78. The number of phenolic OH excluding ortho intramolecular Hbond substituents is 1. The highest BCUT2D eigenvalue weighted by Crippen LogP contribution is 2.37. The second kappa shape index (κ2) is 8.48. The van der Waals surface area contributed by atoms with E-state index in [0.29, 0.717) is 5.56 Å². The Morgan fingerprint density at radius 3 is 2.38 bits per heavy atom. The maximum Gasteiger partial charge on any atom is 0.266 e. The summed E-state index contributed by atoms with van der Waals surface area (Å²) in [5, 5.41) is 22.2.